The van der Waals surface area contributed by atoms with Crippen LogP contribution in [0.15, 0.2) is 55.5 Å². The molecule has 5 aromatic rings. The van der Waals surface area contributed by atoms with Gasteiger partial charge in [0.1, 0.15) is 79.8 Å². The number of aromatic nitrogens is 7. The highest BCUT2D eigenvalue weighted by atomic mass is 32.7. The van der Waals surface area contributed by atoms with E-state index >= 15 is 8.78 Å². The first-order valence-electron chi connectivity index (χ1n) is 26.2. The van der Waals surface area contributed by atoms with Crippen molar-refractivity contribution in [3.05, 3.63) is 61.1 Å². The number of aliphatic hydroxyl groups is 2. The van der Waals surface area contributed by atoms with Crippen molar-refractivity contribution < 1.29 is 84.7 Å². The zero-order valence-electron chi connectivity index (χ0n) is 46.5. The van der Waals surface area contributed by atoms with E-state index in [-0.39, 0.29) is 66.4 Å². The molecule has 7 amide bonds. The summed E-state index contributed by atoms with van der Waals surface area (Å²) in [7, 11) is -1.24. The normalized spacial score (nSPS) is 21.2. The predicted octanol–water partition coefficient (Wildman–Crippen LogP) is 3.89. The van der Waals surface area contributed by atoms with E-state index in [1.54, 1.807) is 46.8 Å². The first-order chi connectivity index (χ1) is 40.4. The summed E-state index contributed by atoms with van der Waals surface area (Å²) in [6, 6.07) is 4.75. The highest BCUT2D eigenvalue weighted by Crippen LogP contribution is 2.42. The van der Waals surface area contributed by atoms with E-state index in [1.165, 1.54) is 36.0 Å². The molecule has 0 saturated carbocycles. The number of likely N-dealkylation sites (N-methyl/N-ethyl adjacent to an activating group) is 1. The molecule has 2 aliphatic rings. The second-order valence-corrected chi connectivity index (χ2v) is 22.4. The topological polar surface area (TPSA) is 392 Å². The summed E-state index contributed by atoms with van der Waals surface area (Å²) in [5, 5.41) is 31.2. The third-order valence-electron chi connectivity index (χ3n) is 13.0. The quantitative estimate of drug-likeness (QED) is 0.00989. The number of carbonyl (C=O) groups excluding carboxylic acids is 6. The Kier molecular flexibility index (Phi) is 22.4. The van der Waals surface area contributed by atoms with Crippen molar-refractivity contribution in [2.75, 3.05) is 55.7 Å². The molecule has 9 N–H and O–H groups in total. The minimum atomic E-state index is -2.62. The fraction of sp³-hybridized carbons (Fsp3) is 0.531. The Labute approximate surface area is 495 Å². The van der Waals surface area contributed by atoms with Gasteiger partial charge >= 0.3 is 31.5 Å². The van der Waals surface area contributed by atoms with E-state index in [0.29, 0.717) is 11.3 Å². The lowest BCUT2D eigenvalue weighted by molar-refractivity contribution is -0.128. The number of alkyl halides is 2. The average molecular weight is 1250 g/mol. The van der Waals surface area contributed by atoms with Gasteiger partial charge in [0.2, 0.25) is 11.8 Å². The standard InChI is InChI=1S/C49H64F2N15O16PS2/c1-24(2)33(61-46(72)80-49(3,4)5)42(70)60-28(8-7-14-53-45(52)71)41(69)59-26-11-9-25(10-12-26)20-77-47(73)63(6)16-17-76-48(74)66(62-37-27-13-15-64(38(27)55-21-54-37)43-32(51)36(82-84)30(19-68)79-43)40-34-39(56-22-57-40)65(23-58-34)44-31(50)35(81-83(75)85)29(18-67)78-44/h9-13,15,21-24,28-33,35-36,43-44,67-68H,7-8,14,16-20H2,1-6H3,(H8-,52,53,54,55,59,60,61,62,69,70,71,72,75,84,85)/p+1/t28-,29+,30+,31+,32+,33-,35+,36+,43+,44+/m0/s1. The molecule has 4 aromatic heterocycles. The van der Waals surface area contributed by atoms with Crippen LogP contribution in [0.1, 0.15) is 65.5 Å². The van der Waals surface area contributed by atoms with E-state index in [9.17, 15) is 43.5 Å². The Morgan fingerprint density at radius 1 is 0.871 bits per heavy atom. The molecule has 0 spiro atoms. The Balaban J connectivity index is 1.02. The van der Waals surface area contributed by atoms with Gasteiger partial charge in [-0.1, -0.05) is 26.0 Å². The number of amides is 7. The van der Waals surface area contributed by atoms with Gasteiger partial charge in [0.15, 0.2) is 53.7 Å². The van der Waals surface area contributed by atoms with Crippen molar-refractivity contribution in [3.63, 3.8) is 0 Å². The number of ether oxygens (including phenoxy) is 5. The maximum Gasteiger partial charge on any atom is 0.582 e. The smallest absolute Gasteiger partial charge is 0.446 e. The van der Waals surface area contributed by atoms with Gasteiger partial charge in [0, 0.05) is 25.5 Å². The second kappa shape index (κ2) is 29.1. The zero-order chi connectivity index (χ0) is 61.9. The monoisotopic (exact) mass is 1250 g/mol. The first-order valence-corrected chi connectivity index (χ1v) is 28.9. The molecule has 6 heterocycles. The number of aliphatic hydroxyl groups excluding tert-OH is 2. The Morgan fingerprint density at radius 2 is 1.53 bits per heavy atom. The molecule has 31 nitrogen and oxygen atoms in total. The molecular formula is C49H65F2N15O16PS2+. The average Bonchev–Trinajstić information content (AvgIpc) is 2.18. The minimum absolute atomic E-state index is 0.0719. The molecule has 0 aliphatic carbocycles. The van der Waals surface area contributed by atoms with Gasteiger partial charge in [-0.15, -0.1) is 4.52 Å². The van der Waals surface area contributed by atoms with Crippen LogP contribution in [-0.4, -0.2) is 180 Å². The number of hydrogen-bond donors (Lipinski definition) is 10. The maximum atomic E-state index is 16.0. The van der Waals surface area contributed by atoms with Crippen molar-refractivity contribution in [3.8, 4) is 0 Å². The van der Waals surface area contributed by atoms with Gasteiger partial charge in [0.05, 0.1) is 31.5 Å². The van der Waals surface area contributed by atoms with Crippen LogP contribution in [0.3, 0.4) is 0 Å². The van der Waals surface area contributed by atoms with E-state index in [0.717, 1.165) is 33.5 Å². The highest BCUT2D eigenvalue weighted by Gasteiger charge is 2.51. The number of rotatable bonds is 25. The fourth-order valence-corrected chi connectivity index (χ4v) is 9.88. The number of benzene rings is 1. The van der Waals surface area contributed by atoms with Crippen LogP contribution in [0.25, 0.3) is 22.2 Å². The molecule has 11 atom stereocenters. The Hall–Kier alpha value is -7.37. The zero-order valence-corrected chi connectivity index (χ0v) is 49.2. The number of imidazole rings is 1. The Morgan fingerprint density at radius 3 is 2.16 bits per heavy atom. The summed E-state index contributed by atoms with van der Waals surface area (Å²) >= 11 is 7.46. The molecule has 7 rings (SSSR count). The van der Waals surface area contributed by atoms with E-state index < -0.39 is 136 Å². The maximum absolute atomic E-state index is 16.0. The van der Waals surface area contributed by atoms with E-state index in [4.69, 9.17) is 38.1 Å². The highest BCUT2D eigenvalue weighted by molar-refractivity contribution is 8.39. The summed E-state index contributed by atoms with van der Waals surface area (Å²) in [5.41, 5.74) is 7.88. The summed E-state index contributed by atoms with van der Waals surface area (Å²) in [6.45, 7) is 6.32. The van der Waals surface area contributed by atoms with Crippen molar-refractivity contribution in [1.82, 2.24) is 54.9 Å². The number of urea groups is 1. The number of hydrogen-bond acceptors (Lipinski definition) is 23. The van der Waals surface area contributed by atoms with Crippen LogP contribution in [0, 0.1) is 5.92 Å². The van der Waals surface area contributed by atoms with Gasteiger partial charge < -0.3 is 74.5 Å². The third-order valence-corrected chi connectivity index (χ3v) is 14.0. The van der Waals surface area contributed by atoms with Crippen molar-refractivity contribution in [2.45, 2.75) is 121 Å². The van der Waals surface area contributed by atoms with E-state index in [2.05, 4.69) is 76.8 Å². The van der Waals surface area contributed by atoms with Gasteiger partial charge in [-0.2, -0.15) is 5.01 Å². The Bertz CT molecular complexity index is 3190. The number of nitrogens with one attached hydrogen (secondary N) is 5. The van der Waals surface area contributed by atoms with Crippen LogP contribution in [-0.2, 0) is 53.2 Å². The number of nitrogens with zero attached hydrogens (tertiary/aromatic N) is 9. The van der Waals surface area contributed by atoms with Gasteiger partial charge in [-0.25, -0.2) is 52.9 Å². The first kappa shape index (κ1) is 65.2. The largest absolute Gasteiger partial charge is 0.582 e. The number of fused-ring (bicyclic) bond motifs is 2. The molecule has 2 fully saturated rings. The van der Waals surface area contributed by atoms with Gasteiger partial charge in [-0.05, 0) is 80.8 Å². The van der Waals surface area contributed by atoms with Crippen LogP contribution >= 0.6 is 32.4 Å². The number of nitrogens with two attached hydrogens (primary N) is 1. The number of carbonyl (C=O) groups is 6. The third kappa shape index (κ3) is 16.3. The molecule has 2 saturated heterocycles. The van der Waals surface area contributed by atoms with Crippen molar-refractivity contribution in [1.29, 1.82) is 0 Å². The van der Waals surface area contributed by atoms with Crippen molar-refractivity contribution in [2.24, 2.45) is 11.7 Å². The molecular weight excluding hydrogens is 1190 g/mol. The van der Waals surface area contributed by atoms with Crippen molar-refractivity contribution >= 4 is 108 Å². The lowest BCUT2D eigenvalue weighted by atomic mass is 10.0. The summed E-state index contributed by atoms with van der Waals surface area (Å²) in [6.07, 6.45) is -9.63. The second-order valence-electron chi connectivity index (χ2n) is 20.6. The number of primary amides is 1. The predicted molar refractivity (Wildman–Crippen MR) is 302 cm³/mol. The fourth-order valence-electron chi connectivity index (χ4n) is 8.84. The molecule has 462 valence electrons. The molecule has 0 bridgehead atoms. The number of halogens is 2. The SMILES string of the molecule is CC(C)[C@H](NC(=O)OC(C)(C)C)C(=O)N[C@@H](CCCNC(N)=O)C(=O)Nc1ccc(COC(=O)N(C)CCOC(=O)N(Nc2ncnc3c2ccn3[C@@H]2O[C@H](CO)[C@@H](OS)[C@H]2F)c2ncnc3c2ncn3[C@@H]2O[C@H](CO)[C@@H](O[P+](=O)S)[C@H]2F)cc1. The number of hydrazine groups is 1. The van der Waals surface area contributed by atoms with Gasteiger partial charge in [0.25, 0.3) is 0 Å². The van der Waals surface area contributed by atoms with Crippen LogP contribution in [0.4, 0.5) is 45.3 Å². The minimum Gasteiger partial charge on any atom is -0.446 e. The van der Waals surface area contributed by atoms with E-state index in [1.807, 2.05) is 0 Å². The molecule has 85 heavy (non-hydrogen) atoms. The number of anilines is 3. The van der Waals surface area contributed by atoms with Gasteiger partial charge in [-0.3, -0.25) is 19.6 Å². The lowest BCUT2D eigenvalue weighted by Crippen LogP contribution is -2.55. The lowest BCUT2D eigenvalue weighted by Gasteiger charge is -2.27. The number of thiol groups is 2. The molecule has 2 aliphatic heterocycles. The molecule has 36 heteroatoms. The summed E-state index contributed by atoms with van der Waals surface area (Å²) in [4.78, 5) is 101. The summed E-state index contributed by atoms with van der Waals surface area (Å²) < 4.78 is 84.0. The molecule has 0 radical (unpaired) electrons. The molecule has 1 aromatic carbocycles. The summed E-state index contributed by atoms with van der Waals surface area (Å²) in [5.74, 6) is -2.02. The van der Waals surface area contributed by atoms with Crippen LogP contribution in [0.2, 0.25) is 0 Å². The number of alkyl carbamates (subject to hydrolysis) is 1. The van der Waals surface area contributed by atoms with Crippen LogP contribution in [0.5, 0.6) is 0 Å². The molecule has 1 unspecified atom stereocenters. The van der Waals surface area contributed by atoms with Crippen LogP contribution < -0.4 is 37.4 Å².